The Morgan fingerprint density at radius 1 is 1.30 bits per heavy atom. The molecular formula is C17H27ClN2. The highest BCUT2D eigenvalue weighted by Gasteiger charge is 2.33. The fourth-order valence-electron chi connectivity index (χ4n) is 3.33. The molecule has 0 radical (unpaired) electrons. The van der Waals surface area contributed by atoms with Gasteiger partial charge in [0.25, 0.3) is 0 Å². The topological polar surface area (TPSA) is 29.3 Å². The van der Waals surface area contributed by atoms with Crippen molar-refractivity contribution >= 4 is 11.6 Å². The number of nitrogens with zero attached hydrogens (tertiary/aromatic N) is 1. The van der Waals surface area contributed by atoms with Crippen molar-refractivity contribution in [1.82, 2.24) is 4.90 Å². The molecule has 0 spiro atoms. The van der Waals surface area contributed by atoms with Crippen LogP contribution in [0.4, 0.5) is 0 Å². The first kappa shape index (κ1) is 15.8. The average Bonchev–Trinajstić information content (AvgIpc) is 2.45. The number of benzene rings is 1. The van der Waals surface area contributed by atoms with Crippen molar-refractivity contribution in [2.24, 2.45) is 11.7 Å². The summed E-state index contributed by atoms with van der Waals surface area (Å²) in [5.41, 5.74) is 7.75. The van der Waals surface area contributed by atoms with Crippen LogP contribution in [0.5, 0.6) is 0 Å². The van der Waals surface area contributed by atoms with Crippen LogP contribution >= 0.6 is 11.6 Å². The van der Waals surface area contributed by atoms with Crippen molar-refractivity contribution in [3.8, 4) is 0 Å². The summed E-state index contributed by atoms with van der Waals surface area (Å²) in [7, 11) is 0. The molecule has 2 nitrogen and oxygen atoms in total. The van der Waals surface area contributed by atoms with Crippen molar-refractivity contribution < 1.29 is 0 Å². The van der Waals surface area contributed by atoms with E-state index in [1.165, 1.54) is 18.4 Å². The number of rotatable bonds is 4. The van der Waals surface area contributed by atoms with Crippen molar-refractivity contribution in [2.75, 3.05) is 6.54 Å². The van der Waals surface area contributed by atoms with Crippen LogP contribution in [0.15, 0.2) is 24.3 Å². The standard InChI is InChI=1S/C17H27ClN2/c1-4-16(19)17(14-7-9-15(18)10-8-14)20-11-5-6-12(2)13(20)3/h7-10,12-13,16-17H,4-6,11,19H2,1-3H3. The van der Waals surface area contributed by atoms with Crippen molar-refractivity contribution in [1.29, 1.82) is 0 Å². The first-order valence-electron chi connectivity index (χ1n) is 7.81. The Bertz CT molecular complexity index is 418. The highest BCUT2D eigenvalue weighted by Crippen LogP contribution is 2.34. The van der Waals surface area contributed by atoms with Gasteiger partial charge in [0.1, 0.15) is 0 Å². The van der Waals surface area contributed by atoms with Crippen LogP contribution in [-0.2, 0) is 0 Å². The molecule has 1 fully saturated rings. The van der Waals surface area contributed by atoms with Crippen LogP contribution in [0.25, 0.3) is 0 Å². The molecule has 1 aliphatic rings. The second-order valence-electron chi connectivity index (χ2n) is 6.17. The van der Waals surface area contributed by atoms with Gasteiger partial charge in [0.05, 0.1) is 6.04 Å². The van der Waals surface area contributed by atoms with Gasteiger partial charge in [-0.3, -0.25) is 4.90 Å². The second kappa shape index (κ2) is 6.93. The lowest BCUT2D eigenvalue weighted by molar-refractivity contribution is 0.0546. The number of hydrogen-bond donors (Lipinski definition) is 1. The van der Waals surface area contributed by atoms with Gasteiger partial charge in [0, 0.05) is 17.1 Å². The molecule has 112 valence electrons. The van der Waals surface area contributed by atoms with Crippen LogP contribution in [-0.4, -0.2) is 23.5 Å². The largest absolute Gasteiger partial charge is 0.326 e. The zero-order valence-corrected chi connectivity index (χ0v) is 13.6. The lowest BCUT2D eigenvalue weighted by Gasteiger charge is -2.45. The number of halogens is 1. The molecule has 0 bridgehead atoms. The van der Waals surface area contributed by atoms with Crippen molar-refractivity contribution in [2.45, 2.75) is 58.2 Å². The molecule has 1 aliphatic heterocycles. The molecule has 1 aromatic carbocycles. The molecule has 4 unspecified atom stereocenters. The van der Waals surface area contributed by atoms with Gasteiger partial charge in [0.15, 0.2) is 0 Å². The first-order valence-corrected chi connectivity index (χ1v) is 8.19. The minimum Gasteiger partial charge on any atom is -0.326 e. The molecule has 4 atom stereocenters. The lowest BCUT2D eigenvalue weighted by Crippen LogP contribution is -2.49. The first-order chi connectivity index (χ1) is 9.54. The maximum atomic E-state index is 6.45. The van der Waals surface area contributed by atoms with Gasteiger partial charge in [0.2, 0.25) is 0 Å². The van der Waals surface area contributed by atoms with Gasteiger partial charge in [-0.05, 0) is 56.3 Å². The SMILES string of the molecule is CCC(N)C(c1ccc(Cl)cc1)N1CCCC(C)C1C. The van der Waals surface area contributed by atoms with E-state index in [0.717, 1.165) is 23.9 Å². The quantitative estimate of drug-likeness (QED) is 0.900. The number of piperidine rings is 1. The Morgan fingerprint density at radius 3 is 2.55 bits per heavy atom. The summed E-state index contributed by atoms with van der Waals surface area (Å²) < 4.78 is 0. The molecule has 0 aliphatic carbocycles. The summed E-state index contributed by atoms with van der Waals surface area (Å²) >= 11 is 6.02. The van der Waals surface area contributed by atoms with Crippen LogP contribution in [0.3, 0.4) is 0 Å². The molecule has 2 N–H and O–H groups in total. The molecule has 0 saturated carbocycles. The Morgan fingerprint density at radius 2 is 1.95 bits per heavy atom. The highest BCUT2D eigenvalue weighted by molar-refractivity contribution is 6.30. The third-order valence-electron chi connectivity index (χ3n) is 4.87. The number of nitrogens with two attached hydrogens (primary N) is 1. The molecule has 1 heterocycles. The van der Waals surface area contributed by atoms with E-state index in [-0.39, 0.29) is 6.04 Å². The molecule has 3 heteroatoms. The van der Waals surface area contributed by atoms with Crippen molar-refractivity contribution in [3.05, 3.63) is 34.9 Å². The van der Waals surface area contributed by atoms with E-state index in [1.54, 1.807) is 0 Å². The smallest absolute Gasteiger partial charge is 0.0502 e. The van der Waals surface area contributed by atoms with E-state index in [4.69, 9.17) is 17.3 Å². The van der Waals surface area contributed by atoms with Crippen LogP contribution in [0, 0.1) is 5.92 Å². The maximum Gasteiger partial charge on any atom is 0.0502 e. The molecule has 20 heavy (non-hydrogen) atoms. The fraction of sp³-hybridized carbons (Fsp3) is 0.647. The minimum atomic E-state index is 0.170. The predicted molar refractivity (Wildman–Crippen MR) is 87.0 cm³/mol. The molecular weight excluding hydrogens is 268 g/mol. The van der Waals surface area contributed by atoms with Crippen molar-refractivity contribution in [3.63, 3.8) is 0 Å². The van der Waals surface area contributed by atoms with Crippen LogP contribution in [0.1, 0.15) is 51.6 Å². The number of likely N-dealkylation sites (tertiary alicyclic amines) is 1. The Labute approximate surface area is 128 Å². The Balaban J connectivity index is 2.29. The molecule has 2 rings (SSSR count). The third kappa shape index (κ3) is 3.36. The third-order valence-corrected chi connectivity index (χ3v) is 5.12. The molecule has 1 aromatic rings. The monoisotopic (exact) mass is 294 g/mol. The summed E-state index contributed by atoms with van der Waals surface area (Å²) in [4.78, 5) is 2.60. The van der Waals surface area contributed by atoms with Crippen LogP contribution < -0.4 is 5.73 Å². The zero-order chi connectivity index (χ0) is 14.7. The second-order valence-corrected chi connectivity index (χ2v) is 6.60. The average molecular weight is 295 g/mol. The normalized spacial score (nSPS) is 27.2. The summed E-state index contributed by atoms with van der Waals surface area (Å²) in [5.74, 6) is 0.739. The van der Waals surface area contributed by atoms with Gasteiger partial charge in [-0.1, -0.05) is 37.6 Å². The maximum absolute atomic E-state index is 6.45. The molecule has 1 saturated heterocycles. The van der Waals surface area contributed by atoms with E-state index < -0.39 is 0 Å². The van der Waals surface area contributed by atoms with Gasteiger partial charge in [-0.15, -0.1) is 0 Å². The van der Waals surface area contributed by atoms with Crippen LogP contribution in [0.2, 0.25) is 5.02 Å². The summed E-state index contributed by atoms with van der Waals surface area (Å²) in [6, 6.07) is 9.28. The van der Waals surface area contributed by atoms with E-state index >= 15 is 0 Å². The summed E-state index contributed by atoms with van der Waals surface area (Å²) in [6.07, 6.45) is 3.59. The lowest BCUT2D eigenvalue weighted by atomic mass is 9.87. The minimum absolute atomic E-state index is 0.170. The predicted octanol–water partition coefficient (Wildman–Crippen LogP) is 4.24. The van der Waals surface area contributed by atoms with Gasteiger partial charge in [-0.25, -0.2) is 0 Å². The van der Waals surface area contributed by atoms with Gasteiger partial charge in [-0.2, -0.15) is 0 Å². The van der Waals surface area contributed by atoms with E-state index in [1.807, 2.05) is 12.1 Å². The zero-order valence-electron chi connectivity index (χ0n) is 12.8. The fourth-order valence-corrected chi connectivity index (χ4v) is 3.45. The van der Waals surface area contributed by atoms with E-state index in [2.05, 4.69) is 37.8 Å². The van der Waals surface area contributed by atoms with Gasteiger partial charge >= 0.3 is 0 Å². The Kier molecular flexibility index (Phi) is 5.48. The highest BCUT2D eigenvalue weighted by atomic mass is 35.5. The summed E-state index contributed by atoms with van der Waals surface area (Å²) in [6.45, 7) is 8.01. The molecule has 0 amide bonds. The summed E-state index contributed by atoms with van der Waals surface area (Å²) in [5, 5.41) is 0.789. The molecule has 0 aromatic heterocycles. The van der Waals surface area contributed by atoms with Gasteiger partial charge < -0.3 is 5.73 Å². The van der Waals surface area contributed by atoms with E-state index in [0.29, 0.717) is 12.1 Å². The Hall–Kier alpha value is -0.570. The van der Waals surface area contributed by atoms with E-state index in [9.17, 15) is 0 Å². The number of hydrogen-bond acceptors (Lipinski definition) is 2.